The number of hydroxylamine groups is 1. The van der Waals surface area contributed by atoms with Crippen molar-refractivity contribution >= 4 is 0 Å². The van der Waals surface area contributed by atoms with Crippen LogP contribution in [0.2, 0.25) is 0 Å². The zero-order valence-electron chi connectivity index (χ0n) is 8.45. The average Bonchev–Trinajstić information content (AvgIpc) is 2.62. The molecule has 13 heavy (non-hydrogen) atoms. The van der Waals surface area contributed by atoms with Crippen molar-refractivity contribution in [2.24, 2.45) is 0 Å². The number of hydrogen-bond acceptors (Lipinski definition) is 3. The van der Waals surface area contributed by atoms with Gasteiger partial charge in [0.05, 0.1) is 19.3 Å². The fraction of sp³-hybridized carbons (Fsp3) is 0.667. The van der Waals surface area contributed by atoms with E-state index in [1.165, 1.54) is 0 Å². The molecule has 0 aliphatic rings. The molecule has 0 amide bonds. The van der Waals surface area contributed by atoms with Crippen LogP contribution in [0, 0.1) is 0 Å². The molecule has 0 saturated heterocycles. The molecule has 0 fully saturated rings. The lowest BCUT2D eigenvalue weighted by Crippen LogP contribution is -2.12. The van der Waals surface area contributed by atoms with E-state index in [1.54, 1.807) is 7.11 Å². The van der Waals surface area contributed by atoms with Crippen molar-refractivity contribution in [2.75, 3.05) is 7.11 Å². The predicted octanol–water partition coefficient (Wildman–Crippen LogP) is 1.51. The maximum Gasteiger partial charge on any atom is 0.0786 e. The third-order valence-electron chi connectivity index (χ3n) is 2.10. The first-order chi connectivity index (χ1) is 6.27. The monoisotopic (exact) mass is 183 g/mol. The summed E-state index contributed by atoms with van der Waals surface area (Å²) in [6.45, 7) is 4.96. The number of nitrogens with zero attached hydrogens (tertiary/aromatic N) is 2. The van der Waals surface area contributed by atoms with Gasteiger partial charge in [-0.3, -0.25) is 4.68 Å². The largest absolute Gasteiger partial charge is 0.305 e. The Labute approximate surface area is 78.8 Å². The summed E-state index contributed by atoms with van der Waals surface area (Å²) >= 11 is 0. The second kappa shape index (κ2) is 4.99. The van der Waals surface area contributed by atoms with Crippen molar-refractivity contribution in [3.05, 3.63) is 18.0 Å². The summed E-state index contributed by atoms with van der Waals surface area (Å²) in [7, 11) is 1.60. The third kappa shape index (κ3) is 2.82. The van der Waals surface area contributed by atoms with Gasteiger partial charge in [0.1, 0.15) is 0 Å². The maximum atomic E-state index is 4.74. The summed E-state index contributed by atoms with van der Waals surface area (Å²) in [5.41, 5.74) is 3.76. The molecule has 0 bridgehead atoms. The van der Waals surface area contributed by atoms with Gasteiger partial charge in [0, 0.05) is 12.2 Å². The molecule has 0 radical (unpaired) electrons. The Bertz CT molecular complexity index is 247. The number of aromatic nitrogens is 2. The summed E-state index contributed by atoms with van der Waals surface area (Å²) < 4.78 is 1.98. The molecule has 0 aliphatic carbocycles. The Morgan fingerprint density at radius 1 is 1.69 bits per heavy atom. The molecule has 1 aromatic heterocycles. The minimum Gasteiger partial charge on any atom is -0.305 e. The Balaban J connectivity index is 2.53. The average molecular weight is 183 g/mol. The second-order valence-corrected chi connectivity index (χ2v) is 3.07. The summed E-state index contributed by atoms with van der Waals surface area (Å²) in [5, 5.41) is 4.39. The van der Waals surface area contributed by atoms with Crippen LogP contribution in [0.15, 0.2) is 12.3 Å². The molecule has 4 nitrogen and oxygen atoms in total. The van der Waals surface area contributed by atoms with Crippen molar-refractivity contribution in [3.8, 4) is 0 Å². The van der Waals surface area contributed by atoms with Crippen LogP contribution in [-0.2, 0) is 11.4 Å². The predicted molar refractivity (Wildman–Crippen MR) is 51.1 cm³/mol. The molecule has 74 valence electrons. The first-order valence-corrected chi connectivity index (χ1v) is 4.57. The van der Waals surface area contributed by atoms with Gasteiger partial charge < -0.3 is 4.84 Å². The highest BCUT2D eigenvalue weighted by Crippen LogP contribution is 2.08. The Hall–Kier alpha value is -0.870. The molecule has 1 heterocycles. The van der Waals surface area contributed by atoms with E-state index in [1.807, 2.05) is 16.9 Å². The van der Waals surface area contributed by atoms with Gasteiger partial charge in [-0.15, -0.1) is 0 Å². The number of rotatable bonds is 5. The highest BCUT2D eigenvalue weighted by atomic mass is 16.6. The minimum atomic E-state index is 0.469. The zero-order valence-corrected chi connectivity index (χ0v) is 8.45. The van der Waals surface area contributed by atoms with Gasteiger partial charge in [-0.25, -0.2) is 0 Å². The van der Waals surface area contributed by atoms with E-state index in [-0.39, 0.29) is 0 Å². The Morgan fingerprint density at radius 3 is 3.08 bits per heavy atom. The lowest BCUT2D eigenvalue weighted by atomic mass is 10.3. The summed E-state index contributed by atoms with van der Waals surface area (Å²) in [6, 6.07) is 2.47. The second-order valence-electron chi connectivity index (χ2n) is 3.07. The van der Waals surface area contributed by atoms with E-state index < -0.39 is 0 Å². The molecule has 4 heteroatoms. The van der Waals surface area contributed by atoms with Gasteiger partial charge in [-0.05, 0) is 19.4 Å². The number of hydrogen-bond donors (Lipinski definition) is 1. The fourth-order valence-electron chi connectivity index (χ4n) is 1.05. The van der Waals surface area contributed by atoms with Gasteiger partial charge in [0.25, 0.3) is 0 Å². The smallest absolute Gasteiger partial charge is 0.0786 e. The maximum absolute atomic E-state index is 4.74. The molecular weight excluding hydrogens is 166 g/mol. The molecular formula is C9H17N3O. The van der Waals surface area contributed by atoms with Crippen molar-refractivity contribution in [1.82, 2.24) is 15.3 Å². The Kier molecular flexibility index (Phi) is 3.92. The van der Waals surface area contributed by atoms with E-state index >= 15 is 0 Å². The standard InChI is InChI=1S/C9H17N3O/c1-4-8(2)12-6-5-9(11-12)7-10-13-3/h5-6,8,10H,4,7H2,1-3H3. The van der Waals surface area contributed by atoms with E-state index in [9.17, 15) is 0 Å². The van der Waals surface area contributed by atoms with Crippen molar-refractivity contribution < 1.29 is 4.84 Å². The highest BCUT2D eigenvalue weighted by Gasteiger charge is 2.03. The van der Waals surface area contributed by atoms with Gasteiger partial charge in [0.2, 0.25) is 0 Å². The normalized spacial score (nSPS) is 13.2. The topological polar surface area (TPSA) is 39.1 Å². The van der Waals surface area contributed by atoms with Crippen LogP contribution < -0.4 is 5.48 Å². The van der Waals surface area contributed by atoms with Crippen LogP contribution in [0.3, 0.4) is 0 Å². The van der Waals surface area contributed by atoms with E-state index in [0.29, 0.717) is 12.6 Å². The molecule has 1 aromatic rings. The van der Waals surface area contributed by atoms with E-state index in [2.05, 4.69) is 24.4 Å². The van der Waals surface area contributed by atoms with Crippen LogP contribution in [0.4, 0.5) is 0 Å². The quantitative estimate of drug-likeness (QED) is 0.703. The summed E-state index contributed by atoms with van der Waals surface area (Å²) in [6.07, 6.45) is 3.10. The lowest BCUT2D eigenvalue weighted by Gasteiger charge is -2.07. The SMILES string of the molecule is CCC(C)n1ccc(CNOC)n1. The van der Waals surface area contributed by atoms with Gasteiger partial charge in [0.15, 0.2) is 0 Å². The van der Waals surface area contributed by atoms with Crippen molar-refractivity contribution in [2.45, 2.75) is 32.9 Å². The fourth-order valence-corrected chi connectivity index (χ4v) is 1.05. The van der Waals surface area contributed by atoms with Gasteiger partial charge >= 0.3 is 0 Å². The van der Waals surface area contributed by atoms with Crippen molar-refractivity contribution in [1.29, 1.82) is 0 Å². The lowest BCUT2D eigenvalue weighted by molar-refractivity contribution is 0.0856. The van der Waals surface area contributed by atoms with Crippen LogP contribution in [0.1, 0.15) is 32.0 Å². The van der Waals surface area contributed by atoms with Crippen molar-refractivity contribution in [3.63, 3.8) is 0 Å². The number of nitrogens with one attached hydrogen (secondary N) is 1. The molecule has 1 rings (SSSR count). The molecule has 0 aliphatic heterocycles. The third-order valence-corrected chi connectivity index (χ3v) is 2.10. The summed E-state index contributed by atoms with van der Waals surface area (Å²) in [5.74, 6) is 0. The zero-order chi connectivity index (χ0) is 9.68. The molecule has 0 aromatic carbocycles. The van der Waals surface area contributed by atoms with Crippen LogP contribution in [-0.4, -0.2) is 16.9 Å². The van der Waals surface area contributed by atoms with Gasteiger partial charge in [-0.1, -0.05) is 6.92 Å². The molecule has 1 atom stereocenters. The molecule has 0 saturated carbocycles. The Morgan fingerprint density at radius 2 is 2.46 bits per heavy atom. The first kappa shape index (κ1) is 10.2. The van der Waals surface area contributed by atoms with Gasteiger partial charge in [-0.2, -0.15) is 10.6 Å². The van der Waals surface area contributed by atoms with Crippen LogP contribution in [0.5, 0.6) is 0 Å². The minimum absolute atomic E-state index is 0.469. The van der Waals surface area contributed by atoms with Crippen LogP contribution in [0.25, 0.3) is 0 Å². The van der Waals surface area contributed by atoms with Crippen LogP contribution >= 0.6 is 0 Å². The first-order valence-electron chi connectivity index (χ1n) is 4.57. The summed E-state index contributed by atoms with van der Waals surface area (Å²) in [4.78, 5) is 4.74. The highest BCUT2D eigenvalue weighted by molar-refractivity contribution is 4.98. The molecule has 1 unspecified atom stereocenters. The molecule has 0 spiro atoms. The molecule has 1 N–H and O–H groups in total. The van der Waals surface area contributed by atoms with E-state index in [4.69, 9.17) is 4.84 Å². The van der Waals surface area contributed by atoms with E-state index in [0.717, 1.165) is 12.1 Å².